The Kier molecular flexibility index (Phi) is 5.62. The fourth-order valence-corrected chi connectivity index (χ4v) is 4.92. The molecule has 0 amide bonds. The summed E-state index contributed by atoms with van der Waals surface area (Å²) in [6, 6.07) is 10.0. The van der Waals surface area contributed by atoms with Crippen LogP contribution in [-0.4, -0.2) is 75.4 Å². The zero-order valence-electron chi connectivity index (χ0n) is 15.9. The van der Waals surface area contributed by atoms with Gasteiger partial charge in [0.05, 0.1) is 41.6 Å². The van der Waals surface area contributed by atoms with E-state index in [-0.39, 0.29) is 4.90 Å². The van der Waals surface area contributed by atoms with Gasteiger partial charge in [0, 0.05) is 45.3 Å². The zero-order chi connectivity index (χ0) is 20.3. The molecule has 29 heavy (non-hydrogen) atoms. The van der Waals surface area contributed by atoms with Crippen LogP contribution in [0.4, 0.5) is 11.5 Å². The van der Waals surface area contributed by atoms with E-state index in [9.17, 15) is 8.42 Å². The molecule has 0 spiro atoms. The van der Waals surface area contributed by atoms with E-state index in [0.717, 1.165) is 24.6 Å². The minimum Gasteiger partial charge on any atom is -0.378 e. The minimum atomic E-state index is -3.58. The quantitative estimate of drug-likeness (QED) is 0.720. The molecule has 2 aliphatic rings. The molecule has 0 N–H and O–H groups in total. The van der Waals surface area contributed by atoms with Crippen molar-refractivity contribution in [3.8, 4) is 6.07 Å². The SMILES string of the molecule is N#Cc1ccc(S(=O)(=O)N2CCN(c3cc(N4CCOCC4)cnn3)CC2)cc1. The number of morpholine rings is 1. The number of rotatable bonds is 4. The summed E-state index contributed by atoms with van der Waals surface area (Å²) in [6.07, 6.45) is 1.75. The number of ether oxygens (including phenoxy) is 1. The third kappa shape index (κ3) is 4.17. The van der Waals surface area contributed by atoms with Gasteiger partial charge in [0.2, 0.25) is 10.0 Å². The third-order valence-electron chi connectivity index (χ3n) is 5.19. The van der Waals surface area contributed by atoms with Crippen molar-refractivity contribution >= 4 is 21.5 Å². The topological polar surface area (TPSA) is 103 Å². The van der Waals surface area contributed by atoms with Crippen LogP contribution in [0.3, 0.4) is 0 Å². The summed E-state index contributed by atoms with van der Waals surface area (Å²) in [5.41, 5.74) is 1.44. The number of nitrogens with zero attached hydrogens (tertiary/aromatic N) is 6. The molecule has 1 aromatic heterocycles. The number of piperazine rings is 1. The Bertz CT molecular complexity index is 991. The van der Waals surface area contributed by atoms with Crippen molar-refractivity contribution in [3.05, 3.63) is 42.1 Å². The van der Waals surface area contributed by atoms with Crippen LogP contribution in [0.2, 0.25) is 0 Å². The van der Waals surface area contributed by atoms with E-state index < -0.39 is 10.0 Å². The lowest BCUT2D eigenvalue weighted by Crippen LogP contribution is -2.49. The Hall–Kier alpha value is -2.74. The largest absolute Gasteiger partial charge is 0.378 e. The van der Waals surface area contributed by atoms with E-state index in [1.165, 1.54) is 28.6 Å². The van der Waals surface area contributed by atoms with Crippen molar-refractivity contribution in [2.24, 2.45) is 0 Å². The van der Waals surface area contributed by atoms with Crippen molar-refractivity contribution < 1.29 is 13.2 Å². The molecule has 2 aromatic rings. The number of anilines is 2. The van der Waals surface area contributed by atoms with Gasteiger partial charge in [-0.2, -0.15) is 14.7 Å². The molecule has 152 valence electrons. The molecule has 4 rings (SSSR count). The van der Waals surface area contributed by atoms with Crippen molar-refractivity contribution in [2.75, 3.05) is 62.3 Å². The molecule has 2 aliphatic heterocycles. The maximum atomic E-state index is 12.9. The fourth-order valence-electron chi connectivity index (χ4n) is 3.50. The van der Waals surface area contributed by atoms with Crippen molar-refractivity contribution in [1.82, 2.24) is 14.5 Å². The molecule has 0 atom stereocenters. The van der Waals surface area contributed by atoms with Crippen LogP contribution in [-0.2, 0) is 14.8 Å². The first-order chi connectivity index (χ1) is 14.1. The number of nitriles is 1. The molecule has 2 fully saturated rings. The first-order valence-electron chi connectivity index (χ1n) is 9.48. The van der Waals surface area contributed by atoms with E-state index >= 15 is 0 Å². The maximum Gasteiger partial charge on any atom is 0.243 e. The van der Waals surface area contributed by atoms with Crippen LogP contribution in [0.25, 0.3) is 0 Å². The van der Waals surface area contributed by atoms with Gasteiger partial charge >= 0.3 is 0 Å². The predicted molar refractivity (Wildman–Crippen MR) is 107 cm³/mol. The van der Waals surface area contributed by atoms with Crippen LogP contribution < -0.4 is 9.80 Å². The molecule has 9 nitrogen and oxygen atoms in total. The molecule has 1 aromatic carbocycles. The van der Waals surface area contributed by atoms with Crippen LogP contribution in [0, 0.1) is 11.3 Å². The van der Waals surface area contributed by atoms with Gasteiger partial charge < -0.3 is 14.5 Å². The highest BCUT2D eigenvalue weighted by Gasteiger charge is 2.29. The van der Waals surface area contributed by atoms with Crippen LogP contribution >= 0.6 is 0 Å². The number of benzene rings is 1. The summed E-state index contributed by atoms with van der Waals surface area (Å²) in [4.78, 5) is 4.48. The second kappa shape index (κ2) is 8.32. The van der Waals surface area contributed by atoms with Gasteiger partial charge in [-0.1, -0.05) is 0 Å². The van der Waals surface area contributed by atoms with Crippen molar-refractivity contribution in [3.63, 3.8) is 0 Å². The van der Waals surface area contributed by atoms with E-state index in [1.807, 2.05) is 12.1 Å². The number of hydrogen-bond donors (Lipinski definition) is 0. The lowest BCUT2D eigenvalue weighted by Gasteiger charge is -2.35. The second-order valence-electron chi connectivity index (χ2n) is 6.90. The molecule has 3 heterocycles. The van der Waals surface area contributed by atoms with Crippen LogP contribution in [0.5, 0.6) is 0 Å². The average molecular weight is 414 g/mol. The molecule has 0 aliphatic carbocycles. The molecule has 10 heteroatoms. The summed E-state index contributed by atoms with van der Waals surface area (Å²) in [5, 5.41) is 17.3. The molecule has 0 bridgehead atoms. The summed E-state index contributed by atoms with van der Waals surface area (Å²) in [5.74, 6) is 0.754. The Morgan fingerprint density at radius 1 is 0.966 bits per heavy atom. The van der Waals surface area contributed by atoms with Crippen molar-refractivity contribution in [2.45, 2.75) is 4.90 Å². The predicted octanol–water partition coefficient (Wildman–Crippen LogP) is 0.696. The van der Waals surface area contributed by atoms with Gasteiger partial charge in [-0.15, -0.1) is 5.10 Å². The van der Waals surface area contributed by atoms with E-state index in [0.29, 0.717) is 45.0 Å². The molecule has 0 radical (unpaired) electrons. The normalized spacial score (nSPS) is 18.4. The molecule has 0 unspecified atom stereocenters. The Morgan fingerprint density at radius 2 is 1.66 bits per heavy atom. The summed E-state index contributed by atoms with van der Waals surface area (Å²) in [6.45, 7) is 4.85. The van der Waals surface area contributed by atoms with E-state index in [4.69, 9.17) is 10.00 Å². The highest BCUT2D eigenvalue weighted by molar-refractivity contribution is 7.89. The van der Waals surface area contributed by atoms with Gasteiger partial charge in [0.25, 0.3) is 0 Å². The summed E-state index contributed by atoms with van der Waals surface area (Å²) >= 11 is 0. The lowest BCUT2D eigenvalue weighted by molar-refractivity contribution is 0.122. The maximum absolute atomic E-state index is 12.9. The number of aromatic nitrogens is 2. The van der Waals surface area contributed by atoms with Crippen LogP contribution in [0.1, 0.15) is 5.56 Å². The van der Waals surface area contributed by atoms with E-state index in [1.54, 1.807) is 6.20 Å². The number of sulfonamides is 1. The smallest absolute Gasteiger partial charge is 0.243 e. The van der Waals surface area contributed by atoms with Gasteiger partial charge in [0.15, 0.2) is 5.82 Å². The Morgan fingerprint density at radius 3 is 2.31 bits per heavy atom. The van der Waals surface area contributed by atoms with Gasteiger partial charge in [0.1, 0.15) is 0 Å². The molecular formula is C19H22N6O3S. The third-order valence-corrected chi connectivity index (χ3v) is 7.10. The standard InChI is InChI=1S/C19H22N6O3S/c20-14-16-1-3-18(4-2-16)29(26,27)25-7-5-24(6-8-25)19-13-17(15-21-22-19)23-9-11-28-12-10-23/h1-4,13,15H,5-12H2. The lowest BCUT2D eigenvalue weighted by atomic mass is 10.2. The highest BCUT2D eigenvalue weighted by Crippen LogP contribution is 2.23. The zero-order valence-corrected chi connectivity index (χ0v) is 16.8. The van der Waals surface area contributed by atoms with Gasteiger partial charge in [-0.25, -0.2) is 8.42 Å². The van der Waals surface area contributed by atoms with Crippen LogP contribution in [0.15, 0.2) is 41.4 Å². The Labute approximate surface area is 170 Å². The fraction of sp³-hybridized carbons (Fsp3) is 0.421. The average Bonchev–Trinajstić information content (AvgIpc) is 2.80. The number of hydrogen-bond acceptors (Lipinski definition) is 8. The molecule has 0 saturated carbocycles. The minimum absolute atomic E-state index is 0.207. The van der Waals surface area contributed by atoms with Gasteiger partial charge in [-0.05, 0) is 24.3 Å². The molecular weight excluding hydrogens is 392 g/mol. The highest BCUT2D eigenvalue weighted by atomic mass is 32.2. The second-order valence-corrected chi connectivity index (χ2v) is 8.84. The summed E-state index contributed by atoms with van der Waals surface area (Å²) in [7, 11) is -3.58. The monoisotopic (exact) mass is 414 g/mol. The van der Waals surface area contributed by atoms with E-state index in [2.05, 4.69) is 20.0 Å². The first kappa shape index (κ1) is 19.6. The Balaban J connectivity index is 1.43. The van der Waals surface area contributed by atoms with Gasteiger partial charge in [-0.3, -0.25) is 0 Å². The summed E-state index contributed by atoms with van der Waals surface area (Å²) < 4.78 is 32.6. The first-order valence-corrected chi connectivity index (χ1v) is 10.9. The molecule has 2 saturated heterocycles. The van der Waals surface area contributed by atoms with Crippen molar-refractivity contribution in [1.29, 1.82) is 5.26 Å².